The molecular formula is C11H14FIO. The molecule has 1 aromatic rings. The van der Waals surface area contributed by atoms with Crippen molar-refractivity contribution < 1.29 is 9.13 Å². The zero-order valence-electron chi connectivity index (χ0n) is 8.60. The standard InChI is InChI=1S/C11H14FIO/c1-4-14-10-6-5-9(7-8(10)2)11(3,12)13/h5-7H,4H2,1-3H3. The molecule has 1 rings (SSSR count). The summed E-state index contributed by atoms with van der Waals surface area (Å²) in [6.07, 6.45) is 0. The van der Waals surface area contributed by atoms with E-state index in [-0.39, 0.29) is 0 Å². The van der Waals surface area contributed by atoms with Crippen LogP contribution in [0.15, 0.2) is 18.2 Å². The Morgan fingerprint density at radius 2 is 2.14 bits per heavy atom. The number of hydrogen-bond acceptors (Lipinski definition) is 1. The van der Waals surface area contributed by atoms with Crippen molar-refractivity contribution in [2.75, 3.05) is 6.61 Å². The Hall–Kier alpha value is -0.320. The van der Waals surface area contributed by atoms with E-state index in [0.717, 1.165) is 11.3 Å². The number of benzene rings is 1. The van der Waals surface area contributed by atoms with Crippen molar-refractivity contribution in [1.82, 2.24) is 0 Å². The third-order valence-electron chi connectivity index (χ3n) is 1.98. The Kier molecular flexibility index (Phi) is 3.75. The fourth-order valence-electron chi connectivity index (χ4n) is 1.24. The summed E-state index contributed by atoms with van der Waals surface area (Å²) in [5.41, 5.74) is 1.66. The van der Waals surface area contributed by atoms with E-state index in [4.69, 9.17) is 4.74 Å². The molecule has 14 heavy (non-hydrogen) atoms. The maximum absolute atomic E-state index is 13.6. The molecule has 0 saturated heterocycles. The molecular weight excluding hydrogens is 294 g/mol. The third kappa shape index (κ3) is 2.83. The van der Waals surface area contributed by atoms with Gasteiger partial charge in [-0.15, -0.1) is 0 Å². The Bertz CT molecular complexity index is 318. The van der Waals surface area contributed by atoms with Crippen molar-refractivity contribution >= 4 is 22.6 Å². The molecule has 0 bridgehead atoms. The second-order valence-electron chi connectivity index (χ2n) is 3.30. The predicted molar refractivity (Wildman–Crippen MR) is 64.8 cm³/mol. The number of rotatable bonds is 3. The van der Waals surface area contributed by atoms with Crippen molar-refractivity contribution in [2.24, 2.45) is 0 Å². The molecule has 3 heteroatoms. The highest BCUT2D eigenvalue weighted by Crippen LogP contribution is 2.34. The van der Waals surface area contributed by atoms with Crippen LogP contribution < -0.4 is 4.74 Å². The number of ether oxygens (including phenoxy) is 1. The van der Waals surface area contributed by atoms with Gasteiger partial charge in [-0.1, -0.05) is 6.07 Å². The van der Waals surface area contributed by atoms with Crippen molar-refractivity contribution in [3.63, 3.8) is 0 Å². The van der Waals surface area contributed by atoms with Gasteiger partial charge < -0.3 is 4.74 Å². The van der Waals surface area contributed by atoms with Gasteiger partial charge in [0.05, 0.1) is 6.61 Å². The average Bonchev–Trinajstić information content (AvgIpc) is 2.07. The van der Waals surface area contributed by atoms with Crippen molar-refractivity contribution in [3.05, 3.63) is 29.3 Å². The van der Waals surface area contributed by atoms with Gasteiger partial charge in [-0.3, -0.25) is 0 Å². The van der Waals surface area contributed by atoms with Crippen LogP contribution in [0.2, 0.25) is 0 Å². The first-order valence-corrected chi connectivity index (χ1v) is 5.64. The van der Waals surface area contributed by atoms with Crippen LogP contribution in [-0.4, -0.2) is 6.61 Å². The number of hydrogen-bond donors (Lipinski definition) is 0. The average molecular weight is 308 g/mol. The zero-order chi connectivity index (χ0) is 10.8. The molecule has 1 unspecified atom stereocenters. The van der Waals surface area contributed by atoms with E-state index in [1.807, 2.05) is 26.0 Å². The van der Waals surface area contributed by atoms with Crippen LogP contribution in [0.3, 0.4) is 0 Å². The molecule has 1 aromatic carbocycles. The van der Waals surface area contributed by atoms with Crippen LogP contribution >= 0.6 is 22.6 Å². The lowest BCUT2D eigenvalue weighted by Crippen LogP contribution is -2.05. The summed E-state index contributed by atoms with van der Waals surface area (Å²) in [5.74, 6) is 0.830. The van der Waals surface area contributed by atoms with E-state index in [1.165, 1.54) is 0 Å². The molecule has 0 heterocycles. The summed E-state index contributed by atoms with van der Waals surface area (Å²) < 4.78 is 17.6. The zero-order valence-corrected chi connectivity index (χ0v) is 10.8. The second kappa shape index (κ2) is 4.47. The van der Waals surface area contributed by atoms with Gasteiger partial charge in [0.1, 0.15) is 5.75 Å². The molecule has 0 aliphatic carbocycles. The topological polar surface area (TPSA) is 9.23 Å². The molecule has 0 radical (unpaired) electrons. The number of aryl methyl sites for hydroxylation is 1. The molecule has 0 N–H and O–H groups in total. The lowest BCUT2D eigenvalue weighted by molar-refractivity contribution is 0.334. The summed E-state index contributed by atoms with van der Waals surface area (Å²) in [7, 11) is 0. The van der Waals surface area contributed by atoms with Crippen molar-refractivity contribution in [1.29, 1.82) is 0 Å². The fraction of sp³-hybridized carbons (Fsp3) is 0.455. The summed E-state index contributed by atoms with van der Waals surface area (Å²) in [6.45, 7) is 6.04. The Morgan fingerprint density at radius 1 is 1.50 bits per heavy atom. The van der Waals surface area contributed by atoms with Crippen LogP contribution in [0, 0.1) is 6.92 Å². The maximum Gasteiger partial charge on any atom is 0.183 e. The van der Waals surface area contributed by atoms with E-state index in [1.54, 1.807) is 35.6 Å². The largest absolute Gasteiger partial charge is 0.494 e. The van der Waals surface area contributed by atoms with Crippen LogP contribution in [0.5, 0.6) is 5.75 Å². The highest BCUT2D eigenvalue weighted by molar-refractivity contribution is 14.1. The molecule has 1 nitrogen and oxygen atoms in total. The molecule has 0 saturated carbocycles. The lowest BCUT2D eigenvalue weighted by Gasteiger charge is -2.15. The van der Waals surface area contributed by atoms with Crippen LogP contribution in [-0.2, 0) is 3.68 Å². The van der Waals surface area contributed by atoms with Crippen molar-refractivity contribution in [3.8, 4) is 5.75 Å². The number of halogens is 2. The Labute approximate surface area is 97.8 Å². The highest BCUT2D eigenvalue weighted by atomic mass is 127. The first kappa shape index (κ1) is 11.8. The van der Waals surface area contributed by atoms with Gasteiger partial charge in [0, 0.05) is 0 Å². The van der Waals surface area contributed by atoms with E-state index < -0.39 is 3.68 Å². The first-order valence-electron chi connectivity index (χ1n) is 4.57. The van der Waals surface area contributed by atoms with Crippen LogP contribution in [0.4, 0.5) is 4.39 Å². The molecule has 0 aromatic heterocycles. The van der Waals surface area contributed by atoms with E-state index >= 15 is 0 Å². The SMILES string of the molecule is CCOc1ccc(C(C)(F)I)cc1C. The Morgan fingerprint density at radius 3 is 2.57 bits per heavy atom. The minimum absolute atomic E-state index is 0.636. The minimum Gasteiger partial charge on any atom is -0.494 e. The molecule has 1 atom stereocenters. The fourth-order valence-corrected chi connectivity index (χ4v) is 1.58. The van der Waals surface area contributed by atoms with Crippen LogP contribution in [0.1, 0.15) is 25.0 Å². The van der Waals surface area contributed by atoms with Gasteiger partial charge in [-0.2, -0.15) is 0 Å². The number of alkyl halides is 2. The van der Waals surface area contributed by atoms with Gasteiger partial charge in [0.25, 0.3) is 0 Å². The molecule has 0 fully saturated rings. The summed E-state index contributed by atoms with van der Waals surface area (Å²) >= 11 is 1.78. The smallest absolute Gasteiger partial charge is 0.183 e. The summed E-state index contributed by atoms with van der Waals surface area (Å²) in [5, 5.41) is 0. The molecule has 0 aliphatic heterocycles. The minimum atomic E-state index is -1.31. The van der Waals surface area contributed by atoms with Gasteiger partial charge in [0.2, 0.25) is 0 Å². The summed E-state index contributed by atoms with van der Waals surface area (Å²) in [6, 6.07) is 5.42. The third-order valence-corrected chi connectivity index (χ3v) is 2.60. The molecule has 0 amide bonds. The highest BCUT2D eigenvalue weighted by Gasteiger charge is 2.21. The van der Waals surface area contributed by atoms with E-state index in [9.17, 15) is 4.39 Å². The molecule has 0 aliphatic rings. The summed E-state index contributed by atoms with van der Waals surface area (Å²) in [4.78, 5) is 0. The normalized spacial score (nSPS) is 14.9. The van der Waals surface area contributed by atoms with Crippen molar-refractivity contribution in [2.45, 2.75) is 24.4 Å². The first-order chi connectivity index (χ1) is 6.45. The van der Waals surface area contributed by atoms with Gasteiger partial charge in [-0.05, 0) is 66.6 Å². The van der Waals surface area contributed by atoms with Crippen LogP contribution in [0.25, 0.3) is 0 Å². The van der Waals surface area contributed by atoms with E-state index in [0.29, 0.717) is 12.2 Å². The maximum atomic E-state index is 13.6. The Balaban J connectivity index is 3.01. The quantitative estimate of drug-likeness (QED) is 0.606. The molecule has 0 spiro atoms. The second-order valence-corrected chi connectivity index (χ2v) is 5.33. The van der Waals surface area contributed by atoms with Gasteiger partial charge in [0.15, 0.2) is 3.68 Å². The van der Waals surface area contributed by atoms with Gasteiger partial charge >= 0.3 is 0 Å². The van der Waals surface area contributed by atoms with Gasteiger partial charge in [-0.25, -0.2) is 4.39 Å². The lowest BCUT2D eigenvalue weighted by atomic mass is 10.1. The predicted octanol–water partition coefficient (Wildman–Crippen LogP) is 3.97. The monoisotopic (exact) mass is 308 g/mol. The molecule has 78 valence electrons. The van der Waals surface area contributed by atoms with E-state index in [2.05, 4.69) is 0 Å².